The zero-order valence-corrected chi connectivity index (χ0v) is 8.38. The van der Waals surface area contributed by atoms with Gasteiger partial charge in [0.2, 0.25) is 0 Å². The fourth-order valence-corrected chi connectivity index (χ4v) is 1.71. The van der Waals surface area contributed by atoms with Crippen LogP contribution >= 0.6 is 0 Å². The molecule has 13 heavy (non-hydrogen) atoms. The molecule has 1 heterocycles. The van der Waals surface area contributed by atoms with Crippen LogP contribution in [0.15, 0.2) is 24.3 Å². The molecule has 1 aliphatic rings. The van der Waals surface area contributed by atoms with E-state index in [1.54, 1.807) is 0 Å². The van der Waals surface area contributed by atoms with Gasteiger partial charge in [0.1, 0.15) is 0 Å². The van der Waals surface area contributed by atoms with Crippen molar-refractivity contribution in [3.8, 4) is 0 Å². The topological polar surface area (TPSA) is 12.0 Å². The highest BCUT2D eigenvalue weighted by Gasteiger charge is 2.18. The molecule has 1 fully saturated rings. The Morgan fingerprint density at radius 2 is 2.15 bits per heavy atom. The van der Waals surface area contributed by atoms with Gasteiger partial charge in [-0.15, -0.1) is 0 Å². The summed E-state index contributed by atoms with van der Waals surface area (Å²) >= 11 is 0. The van der Waals surface area contributed by atoms with Gasteiger partial charge in [-0.3, -0.25) is 0 Å². The largest absolute Gasteiger partial charge is 0.310 e. The first kappa shape index (κ1) is 8.76. The minimum absolute atomic E-state index is 0.624. The molecular formula is C12H17N. The van der Waals surface area contributed by atoms with Crippen LogP contribution in [0.25, 0.3) is 0 Å². The van der Waals surface area contributed by atoms with Gasteiger partial charge in [-0.1, -0.05) is 38.1 Å². The van der Waals surface area contributed by atoms with Gasteiger partial charge in [0.05, 0.1) is 0 Å². The van der Waals surface area contributed by atoms with Crippen molar-refractivity contribution in [3.63, 3.8) is 0 Å². The maximum atomic E-state index is 3.43. The Hall–Kier alpha value is -0.820. The summed E-state index contributed by atoms with van der Waals surface area (Å²) in [5.41, 5.74) is 2.91. The average molecular weight is 175 g/mol. The van der Waals surface area contributed by atoms with E-state index in [1.165, 1.54) is 24.1 Å². The van der Waals surface area contributed by atoms with E-state index in [4.69, 9.17) is 0 Å². The highest BCUT2D eigenvalue weighted by molar-refractivity contribution is 5.28. The summed E-state index contributed by atoms with van der Waals surface area (Å²) in [4.78, 5) is 0. The van der Waals surface area contributed by atoms with Crippen molar-refractivity contribution in [2.24, 2.45) is 0 Å². The van der Waals surface area contributed by atoms with Crippen molar-refractivity contribution in [2.45, 2.75) is 32.2 Å². The summed E-state index contributed by atoms with van der Waals surface area (Å²) < 4.78 is 0. The second-order valence-corrected chi connectivity index (χ2v) is 4.12. The van der Waals surface area contributed by atoms with Gasteiger partial charge in [-0.05, 0) is 30.0 Å². The molecule has 0 amide bonds. The summed E-state index contributed by atoms with van der Waals surface area (Å²) in [6, 6.07) is 9.57. The number of rotatable bonds is 2. The first-order valence-electron chi connectivity index (χ1n) is 5.10. The maximum Gasteiger partial charge on any atom is 0.0332 e. The standard InChI is InChI=1S/C12H17N/c1-9(2)10-4-3-5-11(8-10)12-6-7-13-12/h3-5,8-9,12-13H,6-7H2,1-2H3/t12-/m1/s1. The number of benzene rings is 1. The predicted molar refractivity (Wildman–Crippen MR) is 55.9 cm³/mol. The molecule has 0 aromatic heterocycles. The Labute approximate surface area is 80.2 Å². The molecular weight excluding hydrogens is 158 g/mol. The summed E-state index contributed by atoms with van der Waals surface area (Å²) in [5, 5.41) is 3.43. The molecule has 1 heteroatoms. The molecule has 0 bridgehead atoms. The van der Waals surface area contributed by atoms with Crippen LogP contribution in [-0.2, 0) is 0 Å². The molecule has 1 aliphatic heterocycles. The van der Waals surface area contributed by atoms with Crippen molar-refractivity contribution in [3.05, 3.63) is 35.4 Å². The van der Waals surface area contributed by atoms with Crippen molar-refractivity contribution in [1.82, 2.24) is 5.32 Å². The minimum atomic E-state index is 0.624. The second-order valence-electron chi connectivity index (χ2n) is 4.12. The third kappa shape index (κ3) is 1.75. The lowest BCUT2D eigenvalue weighted by molar-refractivity contribution is 0.383. The Morgan fingerprint density at radius 1 is 1.38 bits per heavy atom. The molecule has 0 radical (unpaired) electrons. The van der Waals surface area contributed by atoms with E-state index in [1.807, 2.05) is 0 Å². The number of hydrogen-bond donors (Lipinski definition) is 1. The van der Waals surface area contributed by atoms with Crippen molar-refractivity contribution in [2.75, 3.05) is 6.54 Å². The third-order valence-electron chi connectivity index (χ3n) is 2.80. The zero-order valence-electron chi connectivity index (χ0n) is 8.38. The SMILES string of the molecule is CC(C)c1cccc([C@H]2CCN2)c1. The Morgan fingerprint density at radius 3 is 2.69 bits per heavy atom. The molecule has 1 aromatic rings. The predicted octanol–water partition coefficient (Wildman–Crippen LogP) is 2.84. The molecule has 1 saturated heterocycles. The third-order valence-corrected chi connectivity index (χ3v) is 2.80. The van der Waals surface area contributed by atoms with Crippen molar-refractivity contribution in [1.29, 1.82) is 0 Å². The first-order chi connectivity index (χ1) is 6.27. The monoisotopic (exact) mass is 175 g/mol. The summed E-state index contributed by atoms with van der Waals surface area (Å²) in [6.45, 7) is 5.66. The number of hydrogen-bond acceptors (Lipinski definition) is 1. The van der Waals surface area contributed by atoms with Crippen LogP contribution in [0.3, 0.4) is 0 Å². The Kier molecular flexibility index (Phi) is 2.36. The van der Waals surface area contributed by atoms with Gasteiger partial charge in [-0.2, -0.15) is 0 Å². The lowest BCUT2D eigenvalue weighted by atomic mass is 9.93. The molecule has 1 nitrogen and oxygen atoms in total. The Balaban J connectivity index is 2.21. The zero-order chi connectivity index (χ0) is 9.26. The van der Waals surface area contributed by atoms with Gasteiger partial charge < -0.3 is 5.32 Å². The fourth-order valence-electron chi connectivity index (χ4n) is 1.71. The first-order valence-corrected chi connectivity index (χ1v) is 5.10. The molecule has 1 N–H and O–H groups in total. The van der Waals surface area contributed by atoms with Crippen LogP contribution in [0.2, 0.25) is 0 Å². The lowest BCUT2D eigenvalue weighted by Crippen LogP contribution is -2.34. The van der Waals surface area contributed by atoms with E-state index >= 15 is 0 Å². The normalized spacial score (nSPS) is 21.6. The van der Waals surface area contributed by atoms with Crippen LogP contribution in [-0.4, -0.2) is 6.54 Å². The van der Waals surface area contributed by atoms with E-state index in [-0.39, 0.29) is 0 Å². The molecule has 0 spiro atoms. The van der Waals surface area contributed by atoms with Gasteiger partial charge in [0.15, 0.2) is 0 Å². The lowest BCUT2D eigenvalue weighted by Gasteiger charge is -2.28. The highest BCUT2D eigenvalue weighted by atomic mass is 15.0. The van der Waals surface area contributed by atoms with Crippen LogP contribution in [0.1, 0.15) is 43.4 Å². The van der Waals surface area contributed by atoms with Crippen LogP contribution < -0.4 is 5.32 Å². The van der Waals surface area contributed by atoms with E-state index < -0.39 is 0 Å². The van der Waals surface area contributed by atoms with Crippen LogP contribution in [0.5, 0.6) is 0 Å². The maximum absolute atomic E-state index is 3.43. The van der Waals surface area contributed by atoms with Gasteiger partial charge >= 0.3 is 0 Å². The Bertz CT molecular complexity index is 287. The molecule has 1 aromatic carbocycles. The van der Waals surface area contributed by atoms with E-state index in [9.17, 15) is 0 Å². The van der Waals surface area contributed by atoms with Gasteiger partial charge in [0, 0.05) is 6.04 Å². The van der Waals surface area contributed by atoms with Gasteiger partial charge in [0.25, 0.3) is 0 Å². The molecule has 1 atom stereocenters. The molecule has 0 unspecified atom stereocenters. The molecule has 2 rings (SSSR count). The quantitative estimate of drug-likeness (QED) is 0.728. The number of nitrogens with one attached hydrogen (secondary N) is 1. The van der Waals surface area contributed by atoms with Crippen LogP contribution in [0.4, 0.5) is 0 Å². The fraction of sp³-hybridized carbons (Fsp3) is 0.500. The molecule has 0 saturated carbocycles. The van der Waals surface area contributed by atoms with Crippen LogP contribution in [0, 0.1) is 0 Å². The smallest absolute Gasteiger partial charge is 0.0332 e. The van der Waals surface area contributed by atoms with Crippen molar-refractivity contribution >= 4 is 0 Å². The van der Waals surface area contributed by atoms with Crippen molar-refractivity contribution < 1.29 is 0 Å². The van der Waals surface area contributed by atoms with E-state index in [0.717, 1.165) is 0 Å². The summed E-state index contributed by atoms with van der Waals surface area (Å²) in [5.74, 6) is 0.639. The highest BCUT2D eigenvalue weighted by Crippen LogP contribution is 2.25. The minimum Gasteiger partial charge on any atom is -0.310 e. The summed E-state index contributed by atoms with van der Waals surface area (Å²) in [6.07, 6.45) is 1.29. The molecule has 0 aliphatic carbocycles. The molecule has 70 valence electrons. The van der Waals surface area contributed by atoms with E-state index in [0.29, 0.717) is 12.0 Å². The van der Waals surface area contributed by atoms with Gasteiger partial charge in [-0.25, -0.2) is 0 Å². The van der Waals surface area contributed by atoms with E-state index in [2.05, 4.69) is 43.4 Å². The average Bonchev–Trinajstić information content (AvgIpc) is 2.01. The summed E-state index contributed by atoms with van der Waals surface area (Å²) in [7, 11) is 0. The second kappa shape index (κ2) is 3.51.